The lowest BCUT2D eigenvalue weighted by Crippen LogP contribution is -2.46. The van der Waals surface area contributed by atoms with Gasteiger partial charge < -0.3 is 10.0 Å². The SMILES string of the molecule is CN(C(=O)[C@@H]1CCCC[C@@H]1C(=O)O)C1CCC(C)(C)CC1. The van der Waals surface area contributed by atoms with Crippen molar-refractivity contribution in [2.24, 2.45) is 17.3 Å². The van der Waals surface area contributed by atoms with E-state index in [0.29, 0.717) is 17.9 Å². The topological polar surface area (TPSA) is 57.6 Å². The molecular formula is C17H29NO3. The van der Waals surface area contributed by atoms with Crippen molar-refractivity contribution in [3.8, 4) is 0 Å². The monoisotopic (exact) mass is 295 g/mol. The first kappa shape index (κ1) is 16.3. The summed E-state index contributed by atoms with van der Waals surface area (Å²) >= 11 is 0. The molecule has 0 aliphatic heterocycles. The van der Waals surface area contributed by atoms with E-state index in [0.717, 1.165) is 44.9 Å². The highest BCUT2D eigenvalue weighted by Gasteiger charge is 2.39. The average molecular weight is 295 g/mol. The predicted octanol–water partition coefficient (Wildman–Crippen LogP) is 3.30. The van der Waals surface area contributed by atoms with Crippen molar-refractivity contribution in [2.75, 3.05) is 7.05 Å². The Morgan fingerprint density at radius 1 is 1.00 bits per heavy atom. The zero-order valence-electron chi connectivity index (χ0n) is 13.6. The largest absolute Gasteiger partial charge is 0.481 e. The summed E-state index contributed by atoms with van der Waals surface area (Å²) in [7, 11) is 1.87. The van der Waals surface area contributed by atoms with Gasteiger partial charge in [0.2, 0.25) is 5.91 Å². The number of hydrogen-bond donors (Lipinski definition) is 1. The lowest BCUT2D eigenvalue weighted by Gasteiger charge is -2.40. The van der Waals surface area contributed by atoms with Crippen LogP contribution in [0.3, 0.4) is 0 Å². The van der Waals surface area contributed by atoms with Crippen molar-refractivity contribution in [1.29, 1.82) is 0 Å². The minimum Gasteiger partial charge on any atom is -0.481 e. The Hall–Kier alpha value is -1.06. The summed E-state index contributed by atoms with van der Waals surface area (Å²) in [6, 6.07) is 0.293. The predicted molar refractivity (Wildman–Crippen MR) is 81.9 cm³/mol. The number of amides is 1. The summed E-state index contributed by atoms with van der Waals surface area (Å²) in [5.74, 6) is -1.53. The van der Waals surface area contributed by atoms with Crippen LogP contribution in [0.15, 0.2) is 0 Å². The molecule has 2 aliphatic rings. The van der Waals surface area contributed by atoms with E-state index < -0.39 is 11.9 Å². The quantitative estimate of drug-likeness (QED) is 0.869. The summed E-state index contributed by atoms with van der Waals surface area (Å²) < 4.78 is 0. The Kier molecular flexibility index (Phi) is 4.95. The third-order valence-corrected chi connectivity index (χ3v) is 5.60. The zero-order chi connectivity index (χ0) is 15.6. The molecule has 1 N–H and O–H groups in total. The second-order valence-corrected chi connectivity index (χ2v) is 7.68. The van der Waals surface area contributed by atoms with E-state index in [4.69, 9.17) is 0 Å². The van der Waals surface area contributed by atoms with Crippen LogP contribution in [0.2, 0.25) is 0 Å². The van der Waals surface area contributed by atoms with Gasteiger partial charge in [-0.05, 0) is 43.9 Å². The maximum atomic E-state index is 12.7. The smallest absolute Gasteiger partial charge is 0.307 e. The molecule has 0 aromatic rings. The van der Waals surface area contributed by atoms with E-state index in [9.17, 15) is 14.7 Å². The molecule has 0 bridgehead atoms. The molecule has 2 aliphatic carbocycles. The molecule has 2 atom stereocenters. The highest BCUT2D eigenvalue weighted by Crippen LogP contribution is 2.38. The molecule has 2 fully saturated rings. The molecule has 0 spiro atoms. The molecule has 120 valence electrons. The molecule has 0 aromatic heterocycles. The molecule has 0 aromatic carbocycles. The maximum Gasteiger partial charge on any atom is 0.307 e. The third-order valence-electron chi connectivity index (χ3n) is 5.60. The summed E-state index contributed by atoms with van der Waals surface area (Å²) in [5.41, 5.74) is 0.384. The summed E-state index contributed by atoms with van der Waals surface area (Å²) in [4.78, 5) is 26.0. The van der Waals surface area contributed by atoms with Gasteiger partial charge >= 0.3 is 5.97 Å². The van der Waals surface area contributed by atoms with E-state index in [1.165, 1.54) is 0 Å². The number of carbonyl (C=O) groups is 2. The van der Waals surface area contributed by atoms with Gasteiger partial charge in [-0.1, -0.05) is 26.7 Å². The molecule has 0 radical (unpaired) electrons. The number of nitrogens with zero attached hydrogens (tertiary/aromatic N) is 1. The third kappa shape index (κ3) is 3.78. The Balaban J connectivity index is 1.99. The first-order valence-electron chi connectivity index (χ1n) is 8.31. The molecule has 0 unspecified atom stereocenters. The minimum atomic E-state index is -0.800. The standard InChI is InChI=1S/C17H29NO3/c1-17(2)10-8-12(9-11-17)18(3)15(19)13-6-4-5-7-14(13)16(20)21/h12-14H,4-11H2,1-3H3,(H,20,21)/t13-,14+/m1/s1. The van der Waals surface area contributed by atoms with Crippen LogP contribution >= 0.6 is 0 Å². The molecule has 4 nitrogen and oxygen atoms in total. The maximum absolute atomic E-state index is 12.7. The number of carbonyl (C=O) groups excluding carboxylic acids is 1. The van der Waals surface area contributed by atoms with Crippen molar-refractivity contribution < 1.29 is 14.7 Å². The summed E-state index contributed by atoms with van der Waals surface area (Å²) in [5, 5.41) is 9.35. The Morgan fingerprint density at radius 2 is 1.52 bits per heavy atom. The van der Waals surface area contributed by atoms with Gasteiger partial charge in [-0.2, -0.15) is 0 Å². The lowest BCUT2D eigenvalue weighted by molar-refractivity contribution is -0.153. The number of carboxylic acid groups (broad SMARTS) is 1. The van der Waals surface area contributed by atoms with Gasteiger partial charge in [-0.15, -0.1) is 0 Å². The second-order valence-electron chi connectivity index (χ2n) is 7.68. The number of hydrogen-bond acceptors (Lipinski definition) is 2. The van der Waals surface area contributed by atoms with Crippen LogP contribution < -0.4 is 0 Å². The fraction of sp³-hybridized carbons (Fsp3) is 0.882. The van der Waals surface area contributed by atoms with Gasteiger partial charge in [0.05, 0.1) is 11.8 Å². The fourth-order valence-corrected chi connectivity index (χ4v) is 3.93. The van der Waals surface area contributed by atoms with Crippen molar-refractivity contribution >= 4 is 11.9 Å². The normalized spacial score (nSPS) is 29.9. The van der Waals surface area contributed by atoms with E-state index in [1.807, 2.05) is 11.9 Å². The Bertz CT molecular complexity index is 395. The molecule has 21 heavy (non-hydrogen) atoms. The van der Waals surface area contributed by atoms with E-state index >= 15 is 0 Å². The van der Waals surface area contributed by atoms with Gasteiger partial charge in [0, 0.05) is 13.1 Å². The lowest BCUT2D eigenvalue weighted by atomic mass is 9.74. The fourth-order valence-electron chi connectivity index (χ4n) is 3.93. The summed E-state index contributed by atoms with van der Waals surface area (Å²) in [6.45, 7) is 4.57. The van der Waals surface area contributed by atoms with Gasteiger partial charge in [0.1, 0.15) is 0 Å². The van der Waals surface area contributed by atoms with E-state index in [1.54, 1.807) is 0 Å². The van der Waals surface area contributed by atoms with Crippen molar-refractivity contribution in [2.45, 2.75) is 71.3 Å². The average Bonchev–Trinajstić information content (AvgIpc) is 2.45. The highest BCUT2D eigenvalue weighted by atomic mass is 16.4. The second kappa shape index (κ2) is 6.37. The number of carboxylic acids is 1. The molecule has 4 heteroatoms. The summed E-state index contributed by atoms with van der Waals surface area (Å²) in [6.07, 6.45) is 7.66. The Labute approximate surface area is 127 Å². The van der Waals surface area contributed by atoms with Crippen LogP contribution in [-0.2, 0) is 9.59 Å². The molecule has 1 amide bonds. The molecule has 0 saturated heterocycles. The minimum absolute atomic E-state index is 0.0619. The van der Waals surface area contributed by atoms with Crippen LogP contribution in [0.4, 0.5) is 0 Å². The Morgan fingerprint density at radius 3 is 2.05 bits per heavy atom. The van der Waals surface area contributed by atoms with Gasteiger partial charge in [0.25, 0.3) is 0 Å². The molecule has 2 rings (SSSR count). The first-order chi connectivity index (χ1) is 9.82. The van der Waals surface area contributed by atoms with Crippen LogP contribution in [-0.4, -0.2) is 35.0 Å². The van der Waals surface area contributed by atoms with Gasteiger partial charge in [-0.25, -0.2) is 0 Å². The van der Waals surface area contributed by atoms with Crippen LogP contribution in [0.25, 0.3) is 0 Å². The van der Waals surface area contributed by atoms with Crippen LogP contribution in [0.1, 0.15) is 65.2 Å². The van der Waals surface area contributed by atoms with Crippen LogP contribution in [0, 0.1) is 17.3 Å². The van der Waals surface area contributed by atoms with E-state index in [-0.39, 0.29) is 11.8 Å². The molecular weight excluding hydrogens is 266 g/mol. The first-order valence-corrected chi connectivity index (χ1v) is 8.31. The highest BCUT2D eigenvalue weighted by molar-refractivity contribution is 5.85. The van der Waals surface area contributed by atoms with E-state index in [2.05, 4.69) is 13.8 Å². The molecule has 2 saturated carbocycles. The number of rotatable bonds is 3. The van der Waals surface area contributed by atoms with Crippen molar-refractivity contribution in [3.63, 3.8) is 0 Å². The zero-order valence-corrected chi connectivity index (χ0v) is 13.6. The van der Waals surface area contributed by atoms with Crippen molar-refractivity contribution in [3.05, 3.63) is 0 Å². The van der Waals surface area contributed by atoms with Crippen LogP contribution in [0.5, 0.6) is 0 Å². The number of aliphatic carboxylic acids is 1. The van der Waals surface area contributed by atoms with Gasteiger partial charge in [-0.3, -0.25) is 9.59 Å². The molecule has 0 heterocycles. The van der Waals surface area contributed by atoms with Gasteiger partial charge in [0.15, 0.2) is 0 Å². The van der Waals surface area contributed by atoms with Crippen molar-refractivity contribution in [1.82, 2.24) is 4.90 Å².